The van der Waals surface area contributed by atoms with Crippen molar-refractivity contribution in [2.75, 3.05) is 23.8 Å². The van der Waals surface area contributed by atoms with Gasteiger partial charge in [-0.1, -0.05) is 41.9 Å². The molecule has 0 spiro atoms. The first kappa shape index (κ1) is 16.3. The summed E-state index contributed by atoms with van der Waals surface area (Å²) in [6.45, 7) is 0.784. The van der Waals surface area contributed by atoms with Crippen molar-refractivity contribution in [3.8, 4) is 0 Å². The topological polar surface area (TPSA) is 41.1 Å². The number of nitrogens with zero attached hydrogens (tertiary/aromatic N) is 3. The van der Waals surface area contributed by atoms with Gasteiger partial charge in [-0.3, -0.25) is 0 Å². The molecule has 0 radical (unpaired) electrons. The zero-order valence-electron chi connectivity index (χ0n) is 13.5. The molecule has 1 heterocycles. The Hall–Kier alpha value is -2.59. The summed E-state index contributed by atoms with van der Waals surface area (Å²) in [5.41, 5.74) is 2.25. The number of para-hydroxylation sites is 1. The Morgan fingerprint density at radius 2 is 1.88 bits per heavy atom. The van der Waals surface area contributed by atoms with Crippen LogP contribution in [0.15, 0.2) is 66.9 Å². The molecule has 0 saturated heterocycles. The maximum absolute atomic E-state index is 6.01. The summed E-state index contributed by atoms with van der Waals surface area (Å²) in [6.07, 6.45) is 2.65. The number of nitrogens with one attached hydrogen (secondary N) is 1. The van der Waals surface area contributed by atoms with Gasteiger partial charge in [0.05, 0.1) is 0 Å². The van der Waals surface area contributed by atoms with Crippen molar-refractivity contribution in [3.05, 3.63) is 77.4 Å². The highest BCUT2D eigenvalue weighted by Gasteiger charge is 2.07. The van der Waals surface area contributed by atoms with E-state index < -0.39 is 0 Å². The predicted molar refractivity (Wildman–Crippen MR) is 100 cm³/mol. The molecule has 1 N–H and O–H groups in total. The normalized spacial score (nSPS) is 10.4. The van der Waals surface area contributed by atoms with Crippen LogP contribution in [0.5, 0.6) is 0 Å². The van der Waals surface area contributed by atoms with Crippen LogP contribution >= 0.6 is 11.6 Å². The van der Waals surface area contributed by atoms with E-state index in [9.17, 15) is 0 Å². The minimum Gasteiger partial charge on any atom is -0.370 e. The van der Waals surface area contributed by atoms with Gasteiger partial charge in [0.15, 0.2) is 0 Å². The standard InChI is InChI=1S/C19H19ClN4/c1-24(17-8-3-2-4-9-17)19-22-13-11-18(23-19)21-12-10-15-6-5-7-16(20)14-15/h2-9,11,13-14H,10,12H2,1H3,(H,21,22,23). The summed E-state index contributed by atoms with van der Waals surface area (Å²) in [6, 6.07) is 19.8. The molecule has 0 aliphatic rings. The van der Waals surface area contributed by atoms with Crippen LogP contribution in [0.2, 0.25) is 5.02 Å². The van der Waals surface area contributed by atoms with Crippen LogP contribution in [0.3, 0.4) is 0 Å². The number of aromatic nitrogens is 2. The molecule has 2 aromatic carbocycles. The summed E-state index contributed by atoms with van der Waals surface area (Å²) >= 11 is 6.01. The highest BCUT2D eigenvalue weighted by molar-refractivity contribution is 6.30. The quantitative estimate of drug-likeness (QED) is 0.715. The molecule has 24 heavy (non-hydrogen) atoms. The fraction of sp³-hybridized carbons (Fsp3) is 0.158. The molecular formula is C19H19ClN4. The smallest absolute Gasteiger partial charge is 0.231 e. The van der Waals surface area contributed by atoms with E-state index in [-0.39, 0.29) is 0 Å². The second-order valence-electron chi connectivity index (χ2n) is 5.44. The highest BCUT2D eigenvalue weighted by Crippen LogP contribution is 2.20. The zero-order chi connectivity index (χ0) is 16.8. The lowest BCUT2D eigenvalue weighted by Gasteiger charge is -2.17. The van der Waals surface area contributed by atoms with Crippen LogP contribution in [0, 0.1) is 0 Å². The molecule has 0 atom stereocenters. The molecule has 3 rings (SSSR count). The van der Waals surface area contributed by atoms with Crippen LogP contribution < -0.4 is 10.2 Å². The zero-order valence-corrected chi connectivity index (χ0v) is 14.2. The number of hydrogen-bond donors (Lipinski definition) is 1. The van der Waals surface area contributed by atoms with Crippen LogP contribution in [0.25, 0.3) is 0 Å². The summed E-state index contributed by atoms with van der Waals surface area (Å²) in [5.74, 6) is 1.47. The fourth-order valence-corrected chi connectivity index (χ4v) is 2.62. The highest BCUT2D eigenvalue weighted by atomic mass is 35.5. The molecule has 5 heteroatoms. The minimum atomic E-state index is 0.661. The summed E-state index contributed by atoms with van der Waals surface area (Å²) < 4.78 is 0. The molecule has 0 saturated carbocycles. The average molecular weight is 339 g/mol. The third-order valence-corrected chi connectivity index (χ3v) is 3.93. The molecule has 0 aliphatic carbocycles. The van der Waals surface area contributed by atoms with E-state index >= 15 is 0 Å². The first-order chi connectivity index (χ1) is 11.7. The summed E-state index contributed by atoms with van der Waals surface area (Å²) in [4.78, 5) is 10.9. The van der Waals surface area contributed by atoms with Gasteiger partial charge in [-0.2, -0.15) is 4.98 Å². The lowest BCUT2D eigenvalue weighted by atomic mass is 10.1. The molecule has 0 unspecified atom stereocenters. The lowest BCUT2D eigenvalue weighted by Crippen LogP contribution is -2.14. The van der Waals surface area contributed by atoms with Gasteiger partial charge in [0.1, 0.15) is 5.82 Å². The molecule has 0 amide bonds. The van der Waals surface area contributed by atoms with Crippen molar-refractivity contribution >= 4 is 29.1 Å². The maximum atomic E-state index is 6.01. The van der Waals surface area contributed by atoms with E-state index in [0.29, 0.717) is 5.95 Å². The maximum Gasteiger partial charge on any atom is 0.231 e. The Morgan fingerprint density at radius 1 is 1.04 bits per heavy atom. The van der Waals surface area contributed by atoms with E-state index in [1.807, 2.05) is 66.5 Å². The monoisotopic (exact) mass is 338 g/mol. The number of halogens is 1. The van der Waals surface area contributed by atoms with Gasteiger partial charge >= 0.3 is 0 Å². The molecule has 0 bridgehead atoms. The molecule has 4 nitrogen and oxygen atoms in total. The van der Waals surface area contributed by atoms with E-state index in [1.165, 1.54) is 5.56 Å². The number of rotatable bonds is 6. The Labute approximate surface area is 147 Å². The van der Waals surface area contributed by atoms with E-state index in [4.69, 9.17) is 11.6 Å². The second kappa shape index (κ2) is 7.79. The Balaban J connectivity index is 1.63. The van der Waals surface area contributed by atoms with Crippen molar-refractivity contribution in [1.29, 1.82) is 0 Å². The van der Waals surface area contributed by atoms with Gasteiger partial charge in [-0.15, -0.1) is 0 Å². The van der Waals surface area contributed by atoms with Crippen molar-refractivity contribution in [2.24, 2.45) is 0 Å². The summed E-state index contributed by atoms with van der Waals surface area (Å²) in [5, 5.41) is 4.10. The van der Waals surface area contributed by atoms with Crippen molar-refractivity contribution in [2.45, 2.75) is 6.42 Å². The predicted octanol–water partition coefficient (Wildman–Crippen LogP) is 4.55. The van der Waals surface area contributed by atoms with E-state index in [0.717, 1.165) is 29.5 Å². The Bertz CT molecular complexity index is 792. The molecule has 0 aliphatic heterocycles. The van der Waals surface area contributed by atoms with Gasteiger partial charge in [0, 0.05) is 30.5 Å². The molecule has 3 aromatic rings. The molecular weight excluding hydrogens is 320 g/mol. The molecule has 0 fully saturated rings. The van der Waals surface area contributed by atoms with Crippen molar-refractivity contribution in [1.82, 2.24) is 9.97 Å². The Morgan fingerprint density at radius 3 is 2.67 bits per heavy atom. The SMILES string of the molecule is CN(c1ccccc1)c1nccc(NCCc2cccc(Cl)c2)n1. The second-order valence-corrected chi connectivity index (χ2v) is 5.88. The van der Waals surface area contributed by atoms with Crippen molar-refractivity contribution < 1.29 is 0 Å². The first-order valence-electron chi connectivity index (χ1n) is 7.82. The van der Waals surface area contributed by atoms with Gasteiger partial charge in [0.25, 0.3) is 0 Å². The minimum absolute atomic E-state index is 0.661. The van der Waals surface area contributed by atoms with Crippen LogP contribution in [-0.4, -0.2) is 23.6 Å². The molecule has 122 valence electrons. The van der Waals surface area contributed by atoms with Gasteiger partial charge in [-0.05, 0) is 42.3 Å². The van der Waals surface area contributed by atoms with Crippen molar-refractivity contribution in [3.63, 3.8) is 0 Å². The lowest BCUT2D eigenvalue weighted by molar-refractivity contribution is 0.985. The third-order valence-electron chi connectivity index (χ3n) is 3.70. The Kier molecular flexibility index (Phi) is 5.29. The fourth-order valence-electron chi connectivity index (χ4n) is 2.40. The largest absolute Gasteiger partial charge is 0.370 e. The number of anilines is 3. The van der Waals surface area contributed by atoms with Gasteiger partial charge < -0.3 is 10.2 Å². The van der Waals surface area contributed by atoms with E-state index in [1.54, 1.807) is 6.20 Å². The number of benzene rings is 2. The van der Waals surface area contributed by atoms with Crippen LogP contribution in [0.1, 0.15) is 5.56 Å². The van der Waals surface area contributed by atoms with Gasteiger partial charge in [0.2, 0.25) is 5.95 Å². The first-order valence-corrected chi connectivity index (χ1v) is 8.20. The summed E-state index contributed by atoms with van der Waals surface area (Å²) in [7, 11) is 1.96. The van der Waals surface area contributed by atoms with Crippen LogP contribution in [-0.2, 0) is 6.42 Å². The average Bonchev–Trinajstić information content (AvgIpc) is 2.62. The van der Waals surface area contributed by atoms with Crippen LogP contribution in [0.4, 0.5) is 17.5 Å². The third kappa shape index (κ3) is 4.24. The number of hydrogen-bond acceptors (Lipinski definition) is 4. The van der Waals surface area contributed by atoms with E-state index in [2.05, 4.69) is 21.4 Å². The molecule has 1 aromatic heterocycles. The van der Waals surface area contributed by atoms with Gasteiger partial charge in [-0.25, -0.2) is 4.98 Å².